The maximum absolute atomic E-state index is 13.0. The van der Waals surface area contributed by atoms with Crippen LogP contribution in [-0.4, -0.2) is 45.8 Å². The number of rotatable bonds is 18. The molecule has 1 aliphatic carbocycles. The summed E-state index contributed by atoms with van der Waals surface area (Å²) in [6.45, 7) is 4.28. The van der Waals surface area contributed by atoms with E-state index in [4.69, 9.17) is 4.74 Å². The van der Waals surface area contributed by atoms with Gasteiger partial charge in [0.25, 0.3) is 0 Å². The molecule has 190 valence electrons. The molecule has 1 saturated carbocycles. The number of carbonyl (C=O) groups excluding carboxylic acids is 1. The van der Waals surface area contributed by atoms with E-state index < -0.39 is 41.1 Å². The van der Waals surface area contributed by atoms with Crippen molar-refractivity contribution in [2.24, 2.45) is 16.7 Å². The molecule has 1 aliphatic rings. The first-order valence-corrected chi connectivity index (χ1v) is 12.6. The Labute approximate surface area is 197 Å². The lowest BCUT2D eigenvalue weighted by Gasteiger charge is -2.34. The van der Waals surface area contributed by atoms with Gasteiger partial charge >= 0.3 is 23.9 Å². The summed E-state index contributed by atoms with van der Waals surface area (Å²) in [4.78, 5) is 49.0. The van der Waals surface area contributed by atoms with Crippen LogP contribution in [0.5, 0.6) is 0 Å². The molecule has 1 fully saturated rings. The molecule has 0 aromatic carbocycles. The Morgan fingerprint density at radius 1 is 0.697 bits per heavy atom. The van der Waals surface area contributed by atoms with Gasteiger partial charge in [-0.3, -0.25) is 19.2 Å². The van der Waals surface area contributed by atoms with E-state index in [0.717, 1.165) is 57.8 Å². The molecular formula is C25H42O8. The standard InChI is InChI=1S/C25H42O8/c1-3-5-7-9-10-12-15-19(14-11-8-6-4-2)18-33-23(32)25(22(30)31)17-13-16-24(25,20(26)27)21(28)29/h19H,3-18H2,1-2H3,(H,26,27)(H,28,29)(H,30,31). The van der Waals surface area contributed by atoms with Crippen molar-refractivity contribution in [1.29, 1.82) is 0 Å². The summed E-state index contributed by atoms with van der Waals surface area (Å²) < 4.78 is 5.41. The van der Waals surface area contributed by atoms with Crippen LogP contribution in [0.25, 0.3) is 0 Å². The molecular weight excluding hydrogens is 428 g/mol. The highest BCUT2D eigenvalue weighted by molar-refractivity contribution is 6.13. The molecule has 0 aliphatic heterocycles. The summed E-state index contributed by atoms with van der Waals surface area (Å²) in [7, 11) is 0. The van der Waals surface area contributed by atoms with Crippen LogP contribution in [0.2, 0.25) is 0 Å². The molecule has 2 atom stereocenters. The zero-order valence-corrected chi connectivity index (χ0v) is 20.3. The van der Waals surface area contributed by atoms with Gasteiger partial charge in [0.1, 0.15) is 0 Å². The van der Waals surface area contributed by atoms with E-state index in [-0.39, 0.29) is 25.4 Å². The number of unbranched alkanes of at least 4 members (excludes halogenated alkanes) is 8. The van der Waals surface area contributed by atoms with Crippen molar-refractivity contribution < 1.29 is 39.2 Å². The number of hydrogen-bond donors (Lipinski definition) is 3. The molecule has 0 saturated heterocycles. The smallest absolute Gasteiger partial charge is 0.325 e. The summed E-state index contributed by atoms with van der Waals surface area (Å²) in [5, 5.41) is 29.2. The van der Waals surface area contributed by atoms with Gasteiger partial charge in [-0.2, -0.15) is 0 Å². The summed E-state index contributed by atoms with van der Waals surface area (Å²) >= 11 is 0. The number of ether oxygens (including phenoxy) is 1. The Hall–Kier alpha value is -2.12. The Bertz CT molecular complexity index is 645. The molecule has 0 spiro atoms. The Balaban J connectivity index is 2.88. The fraction of sp³-hybridized carbons (Fsp3) is 0.840. The fourth-order valence-electron chi connectivity index (χ4n) is 5.07. The third-order valence-corrected chi connectivity index (χ3v) is 7.16. The number of carbonyl (C=O) groups is 4. The number of aliphatic carboxylic acids is 3. The Morgan fingerprint density at radius 2 is 1.12 bits per heavy atom. The maximum atomic E-state index is 13.0. The van der Waals surface area contributed by atoms with Gasteiger partial charge in [0.15, 0.2) is 10.8 Å². The van der Waals surface area contributed by atoms with Gasteiger partial charge in [0, 0.05) is 0 Å². The van der Waals surface area contributed by atoms with Crippen molar-refractivity contribution in [2.75, 3.05) is 6.61 Å². The van der Waals surface area contributed by atoms with Gasteiger partial charge in [0.2, 0.25) is 0 Å². The summed E-state index contributed by atoms with van der Waals surface area (Å²) in [6, 6.07) is 0. The fourth-order valence-corrected chi connectivity index (χ4v) is 5.07. The SMILES string of the molecule is CCCCCCCCC(CCCCCC)COC(=O)C1(C(=O)O)CCCC1(C(=O)O)C(=O)O. The van der Waals surface area contributed by atoms with Gasteiger partial charge < -0.3 is 20.1 Å². The van der Waals surface area contributed by atoms with E-state index in [9.17, 15) is 34.5 Å². The van der Waals surface area contributed by atoms with E-state index in [1.54, 1.807) is 0 Å². The first-order valence-electron chi connectivity index (χ1n) is 12.6. The van der Waals surface area contributed by atoms with Crippen LogP contribution in [0.1, 0.15) is 110 Å². The third-order valence-electron chi connectivity index (χ3n) is 7.16. The van der Waals surface area contributed by atoms with Crippen molar-refractivity contribution in [3.8, 4) is 0 Å². The van der Waals surface area contributed by atoms with E-state index in [1.165, 1.54) is 19.3 Å². The minimum absolute atomic E-state index is 0.00966. The van der Waals surface area contributed by atoms with Crippen LogP contribution in [0.4, 0.5) is 0 Å². The van der Waals surface area contributed by atoms with Crippen molar-refractivity contribution in [3.63, 3.8) is 0 Å². The molecule has 3 N–H and O–H groups in total. The average Bonchev–Trinajstić information content (AvgIpc) is 3.19. The van der Waals surface area contributed by atoms with Gasteiger partial charge in [-0.25, -0.2) is 0 Å². The Kier molecular flexibility index (Phi) is 12.4. The number of carboxylic acids is 3. The summed E-state index contributed by atoms with van der Waals surface area (Å²) in [5.41, 5.74) is -5.33. The average molecular weight is 471 g/mol. The van der Waals surface area contributed by atoms with E-state index in [1.807, 2.05) is 0 Å². The van der Waals surface area contributed by atoms with Crippen LogP contribution >= 0.6 is 0 Å². The first-order chi connectivity index (χ1) is 15.7. The highest BCUT2D eigenvalue weighted by Gasteiger charge is 2.74. The second-order valence-corrected chi connectivity index (χ2v) is 9.45. The van der Waals surface area contributed by atoms with E-state index in [0.29, 0.717) is 0 Å². The molecule has 0 bridgehead atoms. The second-order valence-electron chi connectivity index (χ2n) is 9.45. The van der Waals surface area contributed by atoms with Gasteiger partial charge in [-0.05, 0) is 38.0 Å². The van der Waals surface area contributed by atoms with Crippen LogP contribution in [-0.2, 0) is 23.9 Å². The zero-order chi connectivity index (χ0) is 24.9. The lowest BCUT2D eigenvalue weighted by Crippen LogP contribution is -2.58. The minimum atomic E-state index is -2.72. The quantitative estimate of drug-likeness (QED) is 0.140. The normalized spacial score (nSPS) is 20.3. The molecule has 8 heteroatoms. The molecule has 0 heterocycles. The highest BCUT2D eigenvalue weighted by atomic mass is 16.5. The van der Waals surface area contributed by atoms with Crippen molar-refractivity contribution in [1.82, 2.24) is 0 Å². The van der Waals surface area contributed by atoms with Crippen LogP contribution in [0.3, 0.4) is 0 Å². The molecule has 33 heavy (non-hydrogen) atoms. The topological polar surface area (TPSA) is 138 Å². The lowest BCUT2D eigenvalue weighted by molar-refractivity contribution is -0.194. The lowest BCUT2D eigenvalue weighted by atomic mass is 9.65. The summed E-state index contributed by atoms with van der Waals surface area (Å²) in [6.07, 6.45) is 12.0. The third kappa shape index (κ3) is 6.93. The van der Waals surface area contributed by atoms with Crippen molar-refractivity contribution in [2.45, 2.75) is 110 Å². The first kappa shape index (κ1) is 28.9. The monoisotopic (exact) mass is 470 g/mol. The molecule has 0 radical (unpaired) electrons. The van der Waals surface area contributed by atoms with Crippen LogP contribution in [0.15, 0.2) is 0 Å². The molecule has 0 amide bonds. The molecule has 0 aromatic rings. The van der Waals surface area contributed by atoms with Crippen molar-refractivity contribution in [3.05, 3.63) is 0 Å². The number of esters is 1. The summed E-state index contributed by atoms with van der Waals surface area (Å²) in [5.74, 6) is -6.55. The second kappa shape index (κ2) is 14.2. The van der Waals surface area contributed by atoms with Gasteiger partial charge in [-0.15, -0.1) is 0 Å². The maximum Gasteiger partial charge on any atom is 0.325 e. The number of hydrogen-bond acceptors (Lipinski definition) is 5. The largest absolute Gasteiger partial charge is 0.480 e. The predicted molar refractivity (Wildman–Crippen MR) is 123 cm³/mol. The van der Waals surface area contributed by atoms with Crippen LogP contribution < -0.4 is 0 Å². The van der Waals surface area contributed by atoms with E-state index in [2.05, 4.69) is 13.8 Å². The molecule has 2 unspecified atom stereocenters. The van der Waals surface area contributed by atoms with Gasteiger partial charge in [-0.1, -0.05) is 78.1 Å². The predicted octanol–water partition coefficient (Wildman–Crippen LogP) is 5.28. The molecule has 1 rings (SSSR count). The van der Waals surface area contributed by atoms with Crippen LogP contribution in [0, 0.1) is 16.7 Å². The van der Waals surface area contributed by atoms with Gasteiger partial charge in [0.05, 0.1) is 6.61 Å². The van der Waals surface area contributed by atoms with E-state index >= 15 is 0 Å². The molecule has 0 aromatic heterocycles. The Morgan fingerprint density at radius 3 is 1.61 bits per heavy atom. The highest BCUT2D eigenvalue weighted by Crippen LogP contribution is 2.54. The molecule has 8 nitrogen and oxygen atoms in total. The zero-order valence-electron chi connectivity index (χ0n) is 20.3. The minimum Gasteiger partial charge on any atom is -0.480 e. The van der Waals surface area contributed by atoms with Crippen molar-refractivity contribution >= 4 is 23.9 Å². The number of carboxylic acid groups (broad SMARTS) is 3.